The van der Waals surface area contributed by atoms with Crippen molar-refractivity contribution in [2.75, 3.05) is 17.1 Å². The summed E-state index contributed by atoms with van der Waals surface area (Å²) in [5.74, 6) is 0. The van der Waals surface area contributed by atoms with Gasteiger partial charge in [0, 0.05) is 12.1 Å². The van der Waals surface area contributed by atoms with Gasteiger partial charge in [0.1, 0.15) is 0 Å². The smallest absolute Gasteiger partial charge is 0.232 e. The molecule has 1 heterocycles. The Morgan fingerprint density at radius 3 is 2.73 bits per heavy atom. The summed E-state index contributed by atoms with van der Waals surface area (Å²) in [7, 11) is -3.24. The highest BCUT2D eigenvalue weighted by Gasteiger charge is 2.27. The van der Waals surface area contributed by atoms with Crippen LogP contribution in [0, 0.1) is 0 Å². The van der Waals surface area contributed by atoms with E-state index in [-0.39, 0.29) is 0 Å². The first kappa shape index (κ1) is 10.4. The Bertz CT molecular complexity index is 469. The maximum absolute atomic E-state index is 11.5. The molecule has 0 radical (unpaired) electrons. The minimum absolute atomic E-state index is 0.344. The lowest BCUT2D eigenvalue weighted by atomic mass is 10.0. The maximum atomic E-state index is 11.5. The number of rotatable bonds is 1. The molecule has 4 nitrogen and oxygen atoms in total. The molecule has 0 saturated carbocycles. The van der Waals surface area contributed by atoms with E-state index in [1.54, 1.807) is 24.3 Å². The molecule has 0 fully saturated rings. The van der Waals surface area contributed by atoms with Gasteiger partial charge < -0.3 is 5.11 Å². The van der Waals surface area contributed by atoms with Gasteiger partial charge in [-0.15, -0.1) is 0 Å². The van der Waals surface area contributed by atoms with Crippen LogP contribution in [0.25, 0.3) is 0 Å². The van der Waals surface area contributed by atoms with Crippen molar-refractivity contribution in [3.8, 4) is 0 Å². The lowest BCUT2D eigenvalue weighted by Gasteiger charge is -2.31. The average Bonchev–Trinajstić information content (AvgIpc) is 2.17. The van der Waals surface area contributed by atoms with Crippen molar-refractivity contribution in [1.82, 2.24) is 0 Å². The van der Waals surface area contributed by atoms with Gasteiger partial charge in [-0.05, 0) is 12.5 Å². The van der Waals surface area contributed by atoms with E-state index in [9.17, 15) is 13.5 Å². The second kappa shape index (κ2) is 3.50. The minimum Gasteiger partial charge on any atom is -0.388 e. The molecule has 82 valence electrons. The van der Waals surface area contributed by atoms with Crippen molar-refractivity contribution >= 4 is 15.7 Å². The topological polar surface area (TPSA) is 57.6 Å². The molecule has 2 rings (SSSR count). The van der Waals surface area contributed by atoms with E-state index >= 15 is 0 Å². The van der Waals surface area contributed by atoms with Gasteiger partial charge in [-0.3, -0.25) is 4.31 Å². The molecule has 0 bridgehead atoms. The van der Waals surface area contributed by atoms with Crippen LogP contribution >= 0.6 is 0 Å². The number of fused-ring (bicyclic) bond motifs is 1. The van der Waals surface area contributed by atoms with Crippen LogP contribution in [0.1, 0.15) is 18.1 Å². The summed E-state index contributed by atoms with van der Waals surface area (Å²) in [5, 5.41) is 9.72. The SMILES string of the molecule is CS(=O)(=O)N1CCC(O)c2ccccc21. The summed E-state index contributed by atoms with van der Waals surface area (Å²) in [6.45, 7) is 0.344. The van der Waals surface area contributed by atoms with Crippen molar-refractivity contribution in [2.24, 2.45) is 0 Å². The Balaban J connectivity index is 2.54. The van der Waals surface area contributed by atoms with Crippen LogP contribution in [0.15, 0.2) is 24.3 Å². The average molecular weight is 227 g/mol. The monoisotopic (exact) mass is 227 g/mol. The second-order valence-electron chi connectivity index (χ2n) is 3.70. The number of benzene rings is 1. The fourth-order valence-electron chi connectivity index (χ4n) is 1.86. The van der Waals surface area contributed by atoms with Gasteiger partial charge in [0.25, 0.3) is 0 Å². The molecule has 0 amide bonds. The standard InChI is InChI=1S/C10H13NO3S/c1-15(13,14)11-7-6-10(12)8-4-2-3-5-9(8)11/h2-5,10,12H,6-7H2,1H3. The molecule has 1 atom stereocenters. The van der Waals surface area contributed by atoms with Crippen molar-refractivity contribution in [1.29, 1.82) is 0 Å². The number of hydrogen-bond acceptors (Lipinski definition) is 3. The third-order valence-electron chi connectivity index (χ3n) is 2.57. The van der Waals surface area contributed by atoms with E-state index in [1.807, 2.05) is 0 Å². The van der Waals surface area contributed by atoms with Gasteiger partial charge in [0.2, 0.25) is 10.0 Å². The zero-order valence-electron chi connectivity index (χ0n) is 8.42. The third kappa shape index (κ3) is 1.85. The number of anilines is 1. The summed E-state index contributed by atoms with van der Waals surface area (Å²) < 4.78 is 24.3. The summed E-state index contributed by atoms with van der Waals surface area (Å²) in [6, 6.07) is 7.05. The Kier molecular flexibility index (Phi) is 2.44. The summed E-state index contributed by atoms with van der Waals surface area (Å²) in [5.41, 5.74) is 1.29. The molecular weight excluding hydrogens is 214 g/mol. The highest BCUT2D eigenvalue weighted by atomic mass is 32.2. The molecule has 5 heteroatoms. The molecule has 0 aromatic heterocycles. The second-order valence-corrected chi connectivity index (χ2v) is 5.61. The normalized spacial score (nSPS) is 21.2. The quantitative estimate of drug-likeness (QED) is 0.775. The third-order valence-corrected chi connectivity index (χ3v) is 3.75. The molecule has 15 heavy (non-hydrogen) atoms. The van der Waals surface area contributed by atoms with Gasteiger partial charge in [-0.25, -0.2) is 8.42 Å². The zero-order chi connectivity index (χ0) is 11.1. The molecule has 1 aromatic rings. The van der Waals surface area contributed by atoms with Gasteiger partial charge in [-0.2, -0.15) is 0 Å². The number of hydrogen-bond donors (Lipinski definition) is 1. The van der Waals surface area contributed by atoms with Crippen LogP contribution in [-0.2, 0) is 10.0 Å². The van der Waals surface area contributed by atoms with Crippen LogP contribution in [-0.4, -0.2) is 26.3 Å². The first-order valence-corrected chi connectivity index (χ1v) is 6.59. The molecule has 1 aliphatic heterocycles. The fourth-order valence-corrected chi connectivity index (χ4v) is 2.82. The van der Waals surface area contributed by atoms with Gasteiger partial charge >= 0.3 is 0 Å². The number of para-hydroxylation sites is 1. The van der Waals surface area contributed by atoms with E-state index in [2.05, 4.69) is 0 Å². The number of aliphatic hydroxyl groups is 1. The molecule has 0 aliphatic carbocycles. The lowest BCUT2D eigenvalue weighted by molar-refractivity contribution is 0.166. The van der Waals surface area contributed by atoms with Crippen molar-refractivity contribution in [2.45, 2.75) is 12.5 Å². The van der Waals surface area contributed by atoms with Crippen molar-refractivity contribution < 1.29 is 13.5 Å². The predicted octanol–water partition coefficient (Wildman–Crippen LogP) is 0.890. The van der Waals surface area contributed by atoms with Crippen LogP contribution in [0.2, 0.25) is 0 Å². The minimum atomic E-state index is -3.24. The predicted molar refractivity (Wildman–Crippen MR) is 58.2 cm³/mol. The van der Waals surface area contributed by atoms with Gasteiger partial charge in [0.05, 0.1) is 18.0 Å². The Morgan fingerprint density at radius 1 is 1.40 bits per heavy atom. The summed E-state index contributed by atoms with van der Waals surface area (Å²) in [4.78, 5) is 0. The van der Waals surface area contributed by atoms with Gasteiger partial charge in [0.15, 0.2) is 0 Å². The first-order chi connectivity index (χ1) is 7.00. The van der Waals surface area contributed by atoms with Gasteiger partial charge in [-0.1, -0.05) is 18.2 Å². The summed E-state index contributed by atoms with van der Waals surface area (Å²) >= 11 is 0. The van der Waals surface area contributed by atoms with Crippen LogP contribution in [0.4, 0.5) is 5.69 Å². The van der Waals surface area contributed by atoms with Crippen LogP contribution < -0.4 is 4.31 Å². The molecule has 1 aromatic carbocycles. The van der Waals surface area contributed by atoms with E-state index in [0.717, 1.165) is 0 Å². The summed E-state index contributed by atoms with van der Waals surface area (Å²) in [6.07, 6.45) is 1.07. The molecular formula is C10H13NO3S. The Labute approximate surface area is 89.2 Å². The number of sulfonamides is 1. The molecule has 0 spiro atoms. The van der Waals surface area contributed by atoms with Crippen LogP contribution in [0.5, 0.6) is 0 Å². The number of aliphatic hydroxyl groups excluding tert-OH is 1. The maximum Gasteiger partial charge on any atom is 0.232 e. The number of nitrogens with zero attached hydrogens (tertiary/aromatic N) is 1. The Morgan fingerprint density at radius 2 is 2.07 bits per heavy atom. The fraction of sp³-hybridized carbons (Fsp3) is 0.400. The molecule has 1 N–H and O–H groups in total. The highest BCUT2D eigenvalue weighted by Crippen LogP contribution is 2.34. The molecule has 1 aliphatic rings. The lowest BCUT2D eigenvalue weighted by Crippen LogP contribution is -2.35. The first-order valence-electron chi connectivity index (χ1n) is 4.75. The van der Waals surface area contributed by atoms with E-state index < -0.39 is 16.1 Å². The van der Waals surface area contributed by atoms with Crippen LogP contribution in [0.3, 0.4) is 0 Å². The zero-order valence-corrected chi connectivity index (χ0v) is 9.24. The molecule has 1 unspecified atom stereocenters. The largest absolute Gasteiger partial charge is 0.388 e. The molecule has 0 saturated heterocycles. The van der Waals surface area contributed by atoms with Crippen molar-refractivity contribution in [3.63, 3.8) is 0 Å². The van der Waals surface area contributed by atoms with E-state index in [4.69, 9.17) is 0 Å². The van der Waals surface area contributed by atoms with Crippen molar-refractivity contribution in [3.05, 3.63) is 29.8 Å². The van der Waals surface area contributed by atoms with E-state index in [0.29, 0.717) is 24.2 Å². The Hall–Kier alpha value is -1.07. The highest BCUT2D eigenvalue weighted by molar-refractivity contribution is 7.92. The van der Waals surface area contributed by atoms with E-state index in [1.165, 1.54) is 10.6 Å².